The molecule has 0 spiro atoms. The van der Waals surface area contributed by atoms with E-state index in [1.54, 1.807) is 4.90 Å². The highest BCUT2D eigenvalue weighted by Crippen LogP contribution is 2.34. The highest BCUT2D eigenvalue weighted by atomic mass is 79.9. The van der Waals surface area contributed by atoms with Gasteiger partial charge in [-0.3, -0.25) is 4.90 Å². The smallest absolute Gasteiger partial charge is 0.412 e. The fourth-order valence-electron chi connectivity index (χ4n) is 2.58. The van der Waals surface area contributed by atoms with Gasteiger partial charge in [-0.15, -0.1) is 0 Å². The minimum atomic E-state index is -0.619. The molecule has 1 aliphatic rings. The predicted molar refractivity (Wildman–Crippen MR) is 93.2 cm³/mol. The largest absolute Gasteiger partial charge is 0.445 e. The van der Waals surface area contributed by atoms with Crippen molar-refractivity contribution in [3.05, 3.63) is 24.3 Å². The lowest BCUT2D eigenvalue weighted by molar-refractivity contribution is -0.0503. The second-order valence-corrected chi connectivity index (χ2v) is 7.14. The molecule has 0 aromatic heterocycles. The van der Waals surface area contributed by atoms with Crippen molar-refractivity contribution in [2.24, 2.45) is 0 Å². The van der Waals surface area contributed by atoms with E-state index >= 15 is 0 Å². The van der Waals surface area contributed by atoms with Gasteiger partial charge in [0.2, 0.25) is 0 Å². The Morgan fingerprint density at radius 3 is 2.36 bits per heavy atom. The molecule has 0 unspecified atom stereocenters. The second-order valence-electron chi connectivity index (χ2n) is 6.49. The summed E-state index contributed by atoms with van der Waals surface area (Å²) < 4.78 is 11.0. The number of hydrogen-bond donors (Lipinski definition) is 0. The fourth-order valence-corrected chi connectivity index (χ4v) is 2.85. The molecule has 0 atom stereocenters. The van der Waals surface area contributed by atoms with E-state index in [9.17, 15) is 4.79 Å². The van der Waals surface area contributed by atoms with Crippen molar-refractivity contribution in [1.29, 1.82) is 0 Å². The topological polar surface area (TPSA) is 38.8 Å². The summed E-state index contributed by atoms with van der Waals surface area (Å²) in [7, 11) is 0. The zero-order chi connectivity index (χ0) is 16.6. The van der Waals surface area contributed by atoms with Gasteiger partial charge in [-0.05, 0) is 47.0 Å². The van der Waals surface area contributed by atoms with Crippen LogP contribution in [0.1, 0.15) is 47.0 Å². The van der Waals surface area contributed by atoms with Crippen molar-refractivity contribution in [1.82, 2.24) is 4.90 Å². The molecule has 0 radical (unpaired) electrons. The van der Waals surface area contributed by atoms with Crippen LogP contribution in [0.25, 0.3) is 0 Å². The molecule has 1 fully saturated rings. The third-order valence-corrected chi connectivity index (χ3v) is 3.95. The maximum absolute atomic E-state index is 12.3. The lowest BCUT2D eigenvalue weighted by atomic mass is 10.0. The molecule has 22 heavy (non-hydrogen) atoms. The number of alkyl halides is 1. The Balaban J connectivity index is 2.30. The summed E-state index contributed by atoms with van der Waals surface area (Å²) in [6.07, 6.45) is 11.1. The predicted octanol–water partition coefficient (Wildman–Crippen LogP) is 4.65. The number of carbonyl (C=O) groups excluding carboxylic acids is 1. The minimum absolute atomic E-state index is 0.304. The first-order chi connectivity index (χ1) is 10.3. The number of unbranched alkanes of at least 4 members (excludes halogenated alkanes) is 2. The molecule has 0 aromatic rings. The zero-order valence-electron chi connectivity index (χ0n) is 14.1. The van der Waals surface area contributed by atoms with E-state index in [-0.39, 0.29) is 11.6 Å². The number of allylic oxidation sites excluding steroid dienone is 3. The number of nitrogens with zero attached hydrogens (tertiary/aromatic N) is 1. The van der Waals surface area contributed by atoms with Gasteiger partial charge in [0.25, 0.3) is 0 Å². The quantitative estimate of drug-likeness (QED) is 0.370. The molecule has 4 nitrogen and oxygen atoms in total. The maximum atomic E-state index is 12.3. The highest BCUT2D eigenvalue weighted by Gasteiger charge is 2.49. The third-order valence-electron chi connectivity index (χ3n) is 3.57. The molecule has 0 aliphatic carbocycles. The lowest BCUT2D eigenvalue weighted by Crippen LogP contribution is -2.52. The van der Waals surface area contributed by atoms with E-state index in [1.807, 2.05) is 33.8 Å². The first kappa shape index (κ1) is 19.2. The summed E-state index contributed by atoms with van der Waals surface area (Å²) in [6, 6.07) is 0. The van der Waals surface area contributed by atoms with Crippen molar-refractivity contribution < 1.29 is 14.3 Å². The SMILES string of the molecule is CC1(C)COC(C)(C)N1C(=O)OC/C=C/CCC/C=C/CBr. The molecule has 1 rings (SSSR count). The molecule has 0 N–H and O–H groups in total. The fraction of sp³-hybridized carbons (Fsp3) is 0.706. The lowest BCUT2D eigenvalue weighted by Gasteiger charge is -2.36. The van der Waals surface area contributed by atoms with Crippen molar-refractivity contribution in [2.45, 2.75) is 58.2 Å². The van der Waals surface area contributed by atoms with Crippen LogP contribution in [0.5, 0.6) is 0 Å². The van der Waals surface area contributed by atoms with E-state index in [1.165, 1.54) is 0 Å². The van der Waals surface area contributed by atoms with Gasteiger partial charge < -0.3 is 9.47 Å². The second kappa shape index (κ2) is 8.73. The molecular weight excluding hydrogens is 346 g/mol. The van der Waals surface area contributed by atoms with Crippen LogP contribution >= 0.6 is 15.9 Å². The number of ether oxygens (including phenoxy) is 2. The van der Waals surface area contributed by atoms with Crippen LogP contribution in [0.2, 0.25) is 0 Å². The van der Waals surface area contributed by atoms with Gasteiger partial charge in [-0.2, -0.15) is 0 Å². The maximum Gasteiger partial charge on any atom is 0.412 e. The summed E-state index contributed by atoms with van der Waals surface area (Å²) in [5.74, 6) is 0. The number of halogens is 1. The third kappa shape index (κ3) is 5.76. The van der Waals surface area contributed by atoms with Crippen molar-refractivity contribution in [3.63, 3.8) is 0 Å². The number of hydrogen-bond acceptors (Lipinski definition) is 3. The standard InChI is InChI=1S/C17H28BrNO3/c1-16(2)14-22-17(3,4)19(16)15(20)21-13-11-9-7-5-6-8-10-12-18/h8-11H,5-7,12-14H2,1-4H3/b10-8+,11-9+. The van der Waals surface area contributed by atoms with E-state index in [2.05, 4.69) is 34.2 Å². The average molecular weight is 374 g/mol. The van der Waals surface area contributed by atoms with E-state index in [0.717, 1.165) is 24.6 Å². The van der Waals surface area contributed by atoms with Crippen LogP contribution in [0.4, 0.5) is 4.79 Å². The Morgan fingerprint density at radius 2 is 1.82 bits per heavy atom. The number of amides is 1. The van der Waals surface area contributed by atoms with E-state index < -0.39 is 5.72 Å². The van der Waals surface area contributed by atoms with E-state index in [0.29, 0.717) is 13.2 Å². The Bertz CT molecular complexity index is 400. The Hall–Kier alpha value is -0.810. The monoisotopic (exact) mass is 373 g/mol. The van der Waals surface area contributed by atoms with Gasteiger partial charge in [0.15, 0.2) is 0 Å². The van der Waals surface area contributed by atoms with Crippen LogP contribution in [0, 0.1) is 0 Å². The molecule has 126 valence electrons. The van der Waals surface area contributed by atoms with Gasteiger partial charge >= 0.3 is 6.09 Å². The number of carbonyl (C=O) groups is 1. The molecular formula is C17H28BrNO3. The Labute approximate surface area is 142 Å². The molecule has 0 aromatic carbocycles. The Kier molecular flexibility index (Phi) is 7.63. The van der Waals surface area contributed by atoms with Crippen LogP contribution in [0.3, 0.4) is 0 Å². The average Bonchev–Trinajstić information content (AvgIpc) is 2.65. The molecule has 1 aliphatic heterocycles. The summed E-state index contributed by atoms with van der Waals surface area (Å²) in [4.78, 5) is 13.9. The molecule has 1 heterocycles. The van der Waals surface area contributed by atoms with Crippen molar-refractivity contribution >= 4 is 22.0 Å². The molecule has 1 saturated heterocycles. The molecule has 1 amide bonds. The molecule has 0 saturated carbocycles. The highest BCUT2D eigenvalue weighted by molar-refractivity contribution is 9.09. The normalized spacial score (nSPS) is 20.1. The minimum Gasteiger partial charge on any atom is -0.445 e. The number of rotatable bonds is 7. The van der Waals surface area contributed by atoms with Gasteiger partial charge in [0, 0.05) is 5.33 Å². The van der Waals surface area contributed by atoms with Crippen LogP contribution in [-0.4, -0.2) is 40.8 Å². The summed E-state index contributed by atoms with van der Waals surface area (Å²) in [5, 5.41) is 0.908. The van der Waals surface area contributed by atoms with Gasteiger partial charge in [-0.25, -0.2) is 4.79 Å². The summed E-state index contributed by atoms with van der Waals surface area (Å²) >= 11 is 3.35. The van der Waals surface area contributed by atoms with Gasteiger partial charge in [-0.1, -0.05) is 40.2 Å². The summed E-state index contributed by atoms with van der Waals surface area (Å²) in [5.41, 5.74) is -0.960. The van der Waals surface area contributed by atoms with Gasteiger partial charge in [0.05, 0.1) is 12.1 Å². The van der Waals surface area contributed by atoms with Crippen LogP contribution < -0.4 is 0 Å². The van der Waals surface area contributed by atoms with Crippen molar-refractivity contribution in [2.75, 3.05) is 18.5 Å². The Morgan fingerprint density at radius 1 is 1.18 bits per heavy atom. The summed E-state index contributed by atoms with van der Waals surface area (Å²) in [6.45, 7) is 8.57. The molecule has 5 heteroatoms. The first-order valence-electron chi connectivity index (χ1n) is 7.78. The first-order valence-corrected chi connectivity index (χ1v) is 8.90. The van der Waals surface area contributed by atoms with Gasteiger partial charge in [0.1, 0.15) is 12.3 Å². The van der Waals surface area contributed by atoms with Crippen LogP contribution in [-0.2, 0) is 9.47 Å². The van der Waals surface area contributed by atoms with Crippen molar-refractivity contribution in [3.8, 4) is 0 Å². The van der Waals surface area contributed by atoms with E-state index in [4.69, 9.17) is 9.47 Å². The zero-order valence-corrected chi connectivity index (χ0v) is 15.7. The van der Waals surface area contributed by atoms with Crippen LogP contribution in [0.15, 0.2) is 24.3 Å². The molecule has 0 bridgehead atoms.